The fraction of sp³-hybridized carbons (Fsp3) is 0.292. The van der Waals surface area contributed by atoms with E-state index in [1.807, 2.05) is 54.7 Å². The zero-order valence-corrected chi connectivity index (χ0v) is 17.4. The summed E-state index contributed by atoms with van der Waals surface area (Å²) in [5.41, 5.74) is 2.84. The lowest BCUT2D eigenvalue weighted by Crippen LogP contribution is -2.44. The first-order chi connectivity index (χ1) is 15.2. The highest BCUT2D eigenvalue weighted by molar-refractivity contribution is 5.94. The molecule has 1 aliphatic rings. The molecule has 31 heavy (non-hydrogen) atoms. The van der Waals surface area contributed by atoms with Crippen LogP contribution in [0.15, 0.2) is 73.1 Å². The van der Waals surface area contributed by atoms with Gasteiger partial charge in [-0.15, -0.1) is 0 Å². The molecule has 0 saturated carbocycles. The van der Waals surface area contributed by atoms with E-state index in [9.17, 15) is 9.59 Å². The van der Waals surface area contributed by atoms with E-state index in [2.05, 4.69) is 32.8 Å². The van der Waals surface area contributed by atoms with Gasteiger partial charge in [-0.2, -0.15) is 5.10 Å². The molecule has 2 amide bonds. The van der Waals surface area contributed by atoms with Crippen molar-refractivity contribution in [2.75, 3.05) is 25.0 Å². The molecule has 1 saturated heterocycles. The van der Waals surface area contributed by atoms with E-state index in [1.54, 1.807) is 10.9 Å². The molecule has 0 spiro atoms. The van der Waals surface area contributed by atoms with E-state index in [-0.39, 0.29) is 24.3 Å². The van der Waals surface area contributed by atoms with Gasteiger partial charge in [-0.3, -0.25) is 14.5 Å². The topological polar surface area (TPSA) is 79.3 Å². The van der Waals surface area contributed by atoms with Crippen molar-refractivity contribution in [1.82, 2.24) is 20.0 Å². The number of carbonyl (C=O) groups is 2. The van der Waals surface area contributed by atoms with Crippen LogP contribution in [0.25, 0.3) is 5.69 Å². The number of anilines is 1. The van der Waals surface area contributed by atoms with Gasteiger partial charge in [0.2, 0.25) is 11.8 Å². The molecule has 1 fully saturated rings. The Morgan fingerprint density at radius 1 is 1.03 bits per heavy atom. The van der Waals surface area contributed by atoms with E-state index in [0.29, 0.717) is 5.69 Å². The molecule has 160 valence electrons. The molecule has 1 aromatic heterocycles. The van der Waals surface area contributed by atoms with E-state index in [1.165, 1.54) is 5.56 Å². The minimum absolute atomic E-state index is 0.0328. The number of hydrogen-bond donors (Lipinski definition) is 2. The summed E-state index contributed by atoms with van der Waals surface area (Å²) in [6, 6.07) is 19.5. The molecule has 1 atom stereocenters. The molecule has 2 heterocycles. The SMILES string of the molecule is O=C(CNC(=O)C1CCCN(Cc2ccccc2)C1)Nc1ccc(-n2cccn2)cc1. The van der Waals surface area contributed by atoms with Gasteiger partial charge in [-0.25, -0.2) is 4.68 Å². The number of aromatic nitrogens is 2. The summed E-state index contributed by atoms with van der Waals surface area (Å²) in [6.07, 6.45) is 5.41. The molecule has 0 bridgehead atoms. The third kappa shape index (κ3) is 5.79. The van der Waals surface area contributed by atoms with Gasteiger partial charge in [-0.05, 0) is 55.3 Å². The lowest BCUT2D eigenvalue weighted by molar-refractivity contribution is -0.128. The fourth-order valence-corrected chi connectivity index (χ4v) is 3.89. The van der Waals surface area contributed by atoms with Crippen molar-refractivity contribution in [2.45, 2.75) is 19.4 Å². The maximum Gasteiger partial charge on any atom is 0.243 e. The van der Waals surface area contributed by atoms with Crippen molar-refractivity contribution in [3.8, 4) is 5.69 Å². The Hall–Kier alpha value is -3.45. The second-order valence-corrected chi connectivity index (χ2v) is 7.82. The van der Waals surface area contributed by atoms with Crippen LogP contribution in [-0.2, 0) is 16.1 Å². The van der Waals surface area contributed by atoms with Crippen molar-refractivity contribution < 1.29 is 9.59 Å². The molecule has 7 nitrogen and oxygen atoms in total. The van der Waals surface area contributed by atoms with Gasteiger partial charge in [0.05, 0.1) is 18.2 Å². The van der Waals surface area contributed by atoms with E-state index >= 15 is 0 Å². The summed E-state index contributed by atoms with van der Waals surface area (Å²) in [7, 11) is 0. The van der Waals surface area contributed by atoms with Crippen molar-refractivity contribution in [3.63, 3.8) is 0 Å². The van der Waals surface area contributed by atoms with Crippen LogP contribution >= 0.6 is 0 Å². The van der Waals surface area contributed by atoms with E-state index < -0.39 is 0 Å². The van der Waals surface area contributed by atoms with Crippen LogP contribution in [-0.4, -0.2) is 46.1 Å². The Kier molecular flexibility index (Phi) is 6.74. The number of piperidine rings is 1. The Bertz CT molecular complexity index is 987. The largest absolute Gasteiger partial charge is 0.347 e. The average Bonchev–Trinajstić information content (AvgIpc) is 3.34. The van der Waals surface area contributed by atoms with Gasteiger partial charge in [0, 0.05) is 31.2 Å². The Balaban J connectivity index is 1.23. The molecule has 0 radical (unpaired) electrons. The number of likely N-dealkylation sites (tertiary alicyclic amines) is 1. The molecule has 2 aromatic carbocycles. The number of nitrogens with zero attached hydrogens (tertiary/aromatic N) is 3. The molecule has 7 heteroatoms. The third-order valence-electron chi connectivity index (χ3n) is 5.47. The molecule has 3 aromatic rings. The number of hydrogen-bond acceptors (Lipinski definition) is 4. The fourth-order valence-electron chi connectivity index (χ4n) is 3.89. The maximum absolute atomic E-state index is 12.6. The van der Waals surface area contributed by atoms with Gasteiger partial charge >= 0.3 is 0 Å². The van der Waals surface area contributed by atoms with Crippen molar-refractivity contribution >= 4 is 17.5 Å². The van der Waals surface area contributed by atoms with E-state index in [0.717, 1.165) is 38.2 Å². The predicted molar refractivity (Wildman–Crippen MR) is 120 cm³/mol. The minimum Gasteiger partial charge on any atom is -0.347 e. The highest BCUT2D eigenvalue weighted by atomic mass is 16.2. The van der Waals surface area contributed by atoms with E-state index in [4.69, 9.17) is 0 Å². The number of nitrogens with one attached hydrogen (secondary N) is 2. The predicted octanol–water partition coefficient (Wildman–Crippen LogP) is 2.84. The summed E-state index contributed by atoms with van der Waals surface area (Å²) in [4.78, 5) is 27.2. The standard InChI is InChI=1S/C24H27N5O2/c30-23(27-21-9-11-22(12-10-21)29-15-5-13-26-29)16-25-24(31)20-8-4-14-28(18-20)17-19-6-2-1-3-7-19/h1-3,5-7,9-13,15,20H,4,8,14,16-18H2,(H,25,31)(H,27,30). The first kappa shape index (κ1) is 20.8. The molecule has 2 N–H and O–H groups in total. The summed E-state index contributed by atoms with van der Waals surface area (Å²) >= 11 is 0. The zero-order valence-electron chi connectivity index (χ0n) is 17.4. The monoisotopic (exact) mass is 417 g/mol. The van der Waals surface area contributed by atoms with Crippen LogP contribution in [0.4, 0.5) is 5.69 Å². The maximum atomic E-state index is 12.6. The van der Waals surface area contributed by atoms with Gasteiger partial charge in [-0.1, -0.05) is 30.3 Å². The first-order valence-corrected chi connectivity index (χ1v) is 10.6. The van der Waals surface area contributed by atoms with Gasteiger partial charge in [0.15, 0.2) is 0 Å². The Morgan fingerprint density at radius 3 is 2.58 bits per heavy atom. The average molecular weight is 418 g/mol. The number of benzene rings is 2. The summed E-state index contributed by atoms with van der Waals surface area (Å²) in [5, 5.41) is 9.80. The Morgan fingerprint density at radius 2 is 1.84 bits per heavy atom. The van der Waals surface area contributed by atoms with Crippen molar-refractivity contribution in [1.29, 1.82) is 0 Å². The molecule has 1 unspecified atom stereocenters. The first-order valence-electron chi connectivity index (χ1n) is 10.6. The highest BCUT2D eigenvalue weighted by Crippen LogP contribution is 2.19. The number of amides is 2. The van der Waals surface area contributed by atoms with Crippen LogP contribution in [0.5, 0.6) is 0 Å². The summed E-state index contributed by atoms with van der Waals surface area (Å²) in [5.74, 6) is -0.377. The van der Waals surface area contributed by atoms with Crippen molar-refractivity contribution in [3.05, 3.63) is 78.6 Å². The third-order valence-corrected chi connectivity index (χ3v) is 5.47. The quantitative estimate of drug-likeness (QED) is 0.620. The van der Waals surface area contributed by atoms with Crippen LogP contribution < -0.4 is 10.6 Å². The van der Waals surface area contributed by atoms with Crippen LogP contribution in [0.1, 0.15) is 18.4 Å². The molecular formula is C24H27N5O2. The summed E-state index contributed by atoms with van der Waals surface area (Å²) < 4.78 is 1.75. The lowest BCUT2D eigenvalue weighted by atomic mass is 9.96. The van der Waals surface area contributed by atoms with Gasteiger partial charge in [0.25, 0.3) is 0 Å². The second kappa shape index (κ2) is 10.0. The van der Waals surface area contributed by atoms with Crippen LogP contribution in [0.3, 0.4) is 0 Å². The highest BCUT2D eigenvalue weighted by Gasteiger charge is 2.26. The zero-order chi connectivity index (χ0) is 21.5. The lowest BCUT2D eigenvalue weighted by Gasteiger charge is -2.32. The smallest absolute Gasteiger partial charge is 0.243 e. The molecule has 0 aliphatic carbocycles. The molecular weight excluding hydrogens is 390 g/mol. The van der Waals surface area contributed by atoms with Crippen LogP contribution in [0, 0.1) is 5.92 Å². The van der Waals surface area contributed by atoms with Crippen LogP contribution in [0.2, 0.25) is 0 Å². The number of rotatable bonds is 7. The minimum atomic E-state index is -0.239. The van der Waals surface area contributed by atoms with Crippen molar-refractivity contribution in [2.24, 2.45) is 5.92 Å². The Labute approximate surface area is 182 Å². The second-order valence-electron chi connectivity index (χ2n) is 7.82. The molecule has 4 rings (SSSR count). The molecule has 1 aliphatic heterocycles. The van der Waals surface area contributed by atoms with Gasteiger partial charge < -0.3 is 10.6 Å². The number of carbonyl (C=O) groups excluding carboxylic acids is 2. The normalized spacial score (nSPS) is 16.6. The summed E-state index contributed by atoms with van der Waals surface area (Å²) in [6.45, 7) is 2.53. The van der Waals surface area contributed by atoms with Gasteiger partial charge in [0.1, 0.15) is 0 Å².